The molecule has 1 aliphatic rings. The molecule has 1 heterocycles. The van der Waals surface area contributed by atoms with Crippen molar-refractivity contribution in [1.29, 1.82) is 0 Å². The molecule has 1 amide bonds. The maximum absolute atomic E-state index is 11.8. The van der Waals surface area contributed by atoms with Crippen LogP contribution < -0.4 is 10.2 Å². The molecule has 1 atom stereocenters. The zero-order chi connectivity index (χ0) is 12.5. The molecular formula is C12H15BrN2O2. The zero-order valence-corrected chi connectivity index (χ0v) is 11.5. The average Bonchev–Trinajstić information content (AvgIpc) is 2.56. The van der Waals surface area contributed by atoms with Crippen LogP contribution in [0.1, 0.15) is 6.92 Å². The molecule has 5 heteroatoms. The molecule has 1 unspecified atom stereocenters. The van der Waals surface area contributed by atoms with E-state index in [1.807, 2.05) is 38.2 Å². The first-order valence-corrected chi connectivity index (χ1v) is 6.24. The fraction of sp³-hybridized carbons (Fsp3) is 0.417. The summed E-state index contributed by atoms with van der Waals surface area (Å²) in [5, 5.41) is 3.04. The first-order valence-electron chi connectivity index (χ1n) is 5.45. The molecule has 1 aliphatic heterocycles. The zero-order valence-electron chi connectivity index (χ0n) is 9.87. The monoisotopic (exact) mass is 298 g/mol. The van der Waals surface area contributed by atoms with Crippen LogP contribution in [0.3, 0.4) is 0 Å². The number of carbonyl (C=O) groups is 1. The van der Waals surface area contributed by atoms with Gasteiger partial charge in [-0.1, -0.05) is 15.9 Å². The minimum Gasteiger partial charge on any atom is -0.440 e. The van der Waals surface area contributed by atoms with E-state index < -0.39 is 5.60 Å². The Bertz CT molecular complexity index is 421. The third-order valence-corrected chi connectivity index (χ3v) is 3.26. The van der Waals surface area contributed by atoms with Crippen molar-refractivity contribution in [2.45, 2.75) is 12.5 Å². The molecule has 0 radical (unpaired) electrons. The highest BCUT2D eigenvalue weighted by Crippen LogP contribution is 2.28. The second-order valence-electron chi connectivity index (χ2n) is 4.41. The highest BCUT2D eigenvalue weighted by Gasteiger charge is 2.41. The SMILES string of the molecule is CNCC1(C)CN(c2ccc(Br)cc2)C(=O)O1. The van der Waals surface area contributed by atoms with Gasteiger partial charge in [-0.15, -0.1) is 0 Å². The van der Waals surface area contributed by atoms with Gasteiger partial charge in [-0.05, 0) is 38.2 Å². The molecule has 17 heavy (non-hydrogen) atoms. The van der Waals surface area contributed by atoms with Crippen LogP contribution in [0.5, 0.6) is 0 Å². The second kappa shape index (κ2) is 4.66. The standard InChI is InChI=1S/C12H15BrN2O2/c1-12(7-14-2)8-15(11(16)17-12)10-5-3-9(13)4-6-10/h3-6,14H,7-8H2,1-2H3. The van der Waals surface area contributed by atoms with Gasteiger partial charge in [-0.25, -0.2) is 4.79 Å². The number of carbonyl (C=O) groups excluding carboxylic acids is 1. The topological polar surface area (TPSA) is 41.6 Å². The largest absolute Gasteiger partial charge is 0.440 e. The smallest absolute Gasteiger partial charge is 0.415 e. The average molecular weight is 299 g/mol. The molecule has 2 rings (SSSR count). The Morgan fingerprint density at radius 3 is 2.71 bits per heavy atom. The van der Waals surface area contributed by atoms with Crippen molar-refractivity contribution in [2.75, 3.05) is 25.0 Å². The van der Waals surface area contributed by atoms with Crippen molar-refractivity contribution >= 4 is 27.7 Å². The number of ether oxygens (including phenoxy) is 1. The van der Waals surface area contributed by atoms with Gasteiger partial charge in [0.1, 0.15) is 5.60 Å². The number of hydrogen-bond acceptors (Lipinski definition) is 3. The van der Waals surface area contributed by atoms with Gasteiger partial charge in [-0.3, -0.25) is 4.90 Å². The van der Waals surface area contributed by atoms with Gasteiger partial charge in [0.25, 0.3) is 0 Å². The summed E-state index contributed by atoms with van der Waals surface area (Å²) < 4.78 is 6.39. The van der Waals surface area contributed by atoms with Crippen LogP contribution in [0.25, 0.3) is 0 Å². The van der Waals surface area contributed by atoms with Crippen LogP contribution in [-0.2, 0) is 4.74 Å². The molecule has 0 saturated carbocycles. The fourth-order valence-corrected chi connectivity index (χ4v) is 2.25. The number of likely N-dealkylation sites (N-methyl/N-ethyl adjacent to an activating group) is 1. The lowest BCUT2D eigenvalue weighted by Crippen LogP contribution is -2.40. The van der Waals surface area contributed by atoms with Crippen LogP contribution >= 0.6 is 15.9 Å². The molecule has 0 spiro atoms. The first-order chi connectivity index (χ1) is 8.04. The van der Waals surface area contributed by atoms with E-state index in [0.717, 1.165) is 10.2 Å². The number of hydrogen-bond donors (Lipinski definition) is 1. The second-order valence-corrected chi connectivity index (χ2v) is 5.33. The van der Waals surface area contributed by atoms with Gasteiger partial charge < -0.3 is 10.1 Å². The van der Waals surface area contributed by atoms with E-state index in [0.29, 0.717) is 13.1 Å². The van der Waals surface area contributed by atoms with E-state index in [4.69, 9.17) is 4.74 Å². The minimum absolute atomic E-state index is 0.287. The molecule has 4 nitrogen and oxygen atoms in total. The molecule has 0 aliphatic carbocycles. The molecular weight excluding hydrogens is 284 g/mol. The normalized spacial score (nSPS) is 23.9. The lowest BCUT2D eigenvalue weighted by atomic mass is 10.1. The molecule has 1 aromatic carbocycles. The predicted octanol–water partition coefficient (Wildman–Crippen LogP) is 2.38. The number of rotatable bonds is 3. The Morgan fingerprint density at radius 1 is 1.47 bits per heavy atom. The highest BCUT2D eigenvalue weighted by atomic mass is 79.9. The lowest BCUT2D eigenvalue weighted by molar-refractivity contribution is 0.0734. The van der Waals surface area contributed by atoms with Crippen molar-refractivity contribution < 1.29 is 9.53 Å². The number of nitrogens with one attached hydrogen (secondary N) is 1. The van der Waals surface area contributed by atoms with E-state index in [-0.39, 0.29) is 6.09 Å². The number of nitrogens with zero attached hydrogens (tertiary/aromatic N) is 1. The summed E-state index contributed by atoms with van der Waals surface area (Å²) in [4.78, 5) is 13.5. The van der Waals surface area contributed by atoms with Gasteiger partial charge in [0, 0.05) is 16.7 Å². The Kier molecular flexibility index (Phi) is 3.40. The molecule has 0 bridgehead atoms. The van der Waals surface area contributed by atoms with Crippen LogP contribution in [0.2, 0.25) is 0 Å². The van der Waals surface area contributed by atoms with Crippen molar-refractivity contribution in [3.05, 3.63) is 28.7 Å². The molecule has 0 aromatic heterocycles. The van der Waals surface area contributed by atoms with Crippen molar-refractivity contribution in [3.8, 4) is 0 Å². The number of benzene rings is 1. The summed E-state index contributed by atoms with van der Waals surface area (Å²) in [7, 11) is 1.85. The van der Waals surface area contributed by atoms with Crippen LogP contribution in [-0.4, -0.2) is 31.8 Å². The van der Waals surface area contributed by atoms with Gasteiger partial charge in [0.2, 0.25) is 0 Å². The number of anilines is 1. The summed E-state index contributed by atoms with van der Waals surface area (Å²) in [6.45, 7) is 3.14. The summed E-state index contributed by atoms with van der Waals surface area (Å²) in [6, 6.07) is 7.62. The summed E-state index contributed by atoms with van der Waals surface area (Å²) in [5.74, 6) is 0. The van der Waals surface area contributed by atoms with Gasteiger partial charge in [0.05, 0.1) is 6.54 Å². The van der Waals surface area contributed by atoms with E-state index >= 15 is 0 Å². The highest BCUT2D eigenvalue weighted by molar-refractivity contribution is 9.10. The maximum Gasteiger partial charge on any atom is 0.415 e. The number of halogens is 1. The number of cyclic esters (lactones) is 1. The molecule has 92 valence electrons. The van der Waals surface area contributed by atoms with E-state index in [1.54, 1.807) is 4.90 Å². The third kappa shape index (κ3) is 2.61. The van der Waals surface area contributed by atoms with E-state index in [1.165, 1.54) is 0 Å². The predicted molar refractivity (Wildman–Crippen MR) is 70.3 cm³/mol. The Balaban J connectivity index is 2.18. The Morgan fingerprint density at radius 2 is 2.12 bits per heavy atom. The number of amides is 1. The summed E-state index contributed by atoms with van der Waals surface area (Å²) >= 11 is 3.37. The molecule has 1 fully saturated rings. The van der Waals surface area contributed by atoms with Crippen LogP contribution in [0.15, 0.2) is 28.7 Å². The fourth-order valence-electron chi connectivity index (χ4n) is 1.98. The summed E-state index contributed by atoms with van der Waals surface area (Å²) in [6.07, 6.45) is -0.287. The maximum atomic E-state index is 11.8. The van der Waals surface area contributed by atoms with Crippen molar-refractivity contribution in [3.63, 3.8) is 0 Å². The van der Waals surface area contributed by atoms with Crippen LogP contribution in [0, 0.1) is 0 Å². The van der Waals surface area contributed by atoms with Crippen molar-refractivity contribution in [1.82, 2.24) is 5.32 Å². The molecule has 1 aromatic rings. The first kappa shape index (κ1) is 12.4. The van der Waals surface area contributed by atoms with Crippen LogP contribution in [0.4, 0.5) is 10.5 Å². The molecule has 1 N–H and O–H groups in total. The van der Waals surface area contributed by atoms with E-state index in [2.05, 4.69) is 21.2 Å². The Hall–Kier alpha value is -1.07. The van der Waals surface area contributed by atoms with E-state index in [9.17, 15) is 4.79 Å². The van der Waals surface area contributed by atoms with Crippen molar-refractivity contribution in [2.24, 2.45) is 0 Å². The Labute approximate surface area is 109 Å². The lowest BCUT2D eigenvalue weighted by Gasteiger charge is -2.21. The molecule has 1 saturated heterocycles. The van der Waals surface area contributed by atoms with Gasteiger partial charge in [0.15, 0.2) is 0 Å². The summed E-state index contributed by atoms with van der Waals surface area (Å²) in [5.41, 5.74) is 0.400. The van der Waals surface area contributed by atoms with Gasteiger partial charge in [-0.2, -0.15) is 0 Å². The van der Waals surface area contributed by atoms with Gasteiger partial charge >= 0.3 is 6.09 Å². The minimum atomic E-state index is -0.459. The third-order valence-electron chi connectivity index (χ3n) is 2.74. The quantitative estimate of drug-likeness (QED) is 0.931.